The quantitative estimate of drug-likeness (QED) is 0.833. The maximum absolute atomic E-state index is 12.4. The molecule has 0 aliphatic carbocycles. The van der Waals surface area contributed by atoms with Crippen LogP contribution in [-0.2, 0) is 17.8 Å². The number of benzene rings is 1. The molecule has 7 heteroatoms. The van der Waals surface area contributed by atoms with Crippen LogP contribution in [0.5, 0.6) is 0 Å². The highest BCUT2D eigenvalue weighted by molar-refractivity contribution is 5.74. The third kappa shape index (κ3) is 5.03. The van der Waals surface area contributed by atoms with Gasteiger partial charge in [-0.15, -0.1) is 0 Å². The van der Waals surface area contributed by atoms with Crippen molar-refractivity contribution in [1.29, 1.82) is 0 Å². The van der Waals surface area contributed by atoms with Gasteiger partial charge in [-0.2, -0.15) is 5.10 Å². The lowest BCUT2D eigenvalue weighted by Gasteiger charge is -2.24. The number of ether oxygens (including phenoxy) is 1. The van der Waals surface area contributed by atoms with Crippen molar-refractivity contribution in [2.45, 2.75) is 26.4 Å². The van der Waals surface area contributed by atoms with Crippen LogP contribution in [0.3, 0.4) is 0 Å². The molecule has 134 valence electrons. The van der Waals surface area contributed by atoms with Gasteiger partial charge in [0.2, 0.25) is 0 Å². The second kappa shape index (κ2) is 8.62. The smallest absolute Gasteiger partial charge is 0.317 e. The number of carbonyl (C=O) groups excluding carboxylic acids is 1. The fraction of sp³-hybridized carbons (Fsp3) is 0.500. The van der Waals surface area contributed by atoms with Gasteiger partial charge < -0.3 is 15.0 Å². The molecule has 3 rings (SSSR count). The molecule has 25 heavy (non-hydrogen) atoms. The van der Waals surface area contributed by atoms with Crippen LogP contribution in [0.15, 0.2) is 36.9 Å². The summed E-state index contributed by atoms with van der Waals surface area (Å²) >= 11 is 0. The summed E-state index contributed by atoms with van der Waals surface area (Å²) in [5.74, 6) is 0.460. The third-order valence-corrected chi connectivity index (χ3v) is 4.45. The number of nitrogens with one attached hydrogen (secondary N) is 1. The first-order chi connectivity index (χ1) is 12.2. The molecule has 2 aromatic rings. The summed E-state index contributed by atoms with van der Waals surface area (Å²) in [4.78, 5) is 18.2. The Morgan fingerprint density at radius 2 is 2.16 bits per heavy atom. The molecule has 2 amide bonds. The van der Waals surface area contributed by atoms with E-state index in [0.717, 1.165) is 37.3 Å². The molecule has 0 saturated carbocycles. The average Bonchev–Trinajstić information content (AvgIpc) is 3.32. The highest BCUT2D eigenvalue weighted by Crippen LogP contribution is 2.14. The molecule has 1 aromatic carbocycles. The van der Waals surface area contributed by atoms with Gasteiger partial charge in [0.1, 0.15) is 12.7 Å². The molecule has 1 unspecified atom stereocenters. The largest absolute Gasteiger partial charge is 0.381 e. The lowest BCUT2D eigenvalue weighted by molar-refractivity contribution is 0.166. The first-order valence-corrected chi connectivity index (χ1v) is 8.75. The number of aromatic nitrogens is 3. The Balaban J connectivity index is 1.47. The molecule has 1 aliphatic rings. The van der Waals surface area contributed by atoms with E-state index in [2.05, 4.69) is 27.5 Å². The lowest BCUT2D eigenvalue weighted by atomic mass is 10.1. The van der Waals surface area contributed by atoms with Crippen molar-refractivity contribution in [3.05, 3.63) is 48.0 Å². The molecule has 1 aromatic heterocycles. The topological polar surface area (TPSA) is 72.3 Å². The van der Waals surface area contributed by atoms with Gasteiger partial charge in [-0.3, -0.25) is 0 Å². The Labute approximate surface area is 148 Å². The van der Waals surface area contributed by atoms with Gasteiger partial charge in [-0.25, -0.2) is 14.5 Å². The van der Waals surface area contributed by atoms with Crippen molar-refractivity contribution in [2.24, 2.45) is 5.92 Å². The minimum absolute atomic E-state index is 0.0129. The second-order valence-corrected chi connectivity index (χ2v) is 6.34. The summed E-state index contributed by atoms with van der Waals surface area (Å²) < 4.78 is 7.17. The summed E-state index contributed by atoms with van der Waals surface area (Å²) in [5.41, 5.74) is 2.23. The Morgan fingerprint density at radius 1 is 1.36 bits per heavy atom. The Kier molecular flexibility index (Phi) is 6.00. The molecule has 0 bridgehead atoms. The fourth-order valence-electron chi connectivity index (χ4n) is 2.95. The van der Waals surface area contributed by atoms with Gasteiger partial charge in [-0.05, 0) is 24.5 Å². The van der Waals surface area contributed by atoms with Gasteiger partial charge >= 0.3 is 6.03 Å². The SMILES string of the molecule is CCN(CC1CCOC1)C(=O)NCc1ccc(Cn2cncn2)cc1. The number of hydrogen-bond acceptors (Lipinski definition) is 4. The summed E-state index contributed by atoms with van der Waals surface area (Å²) in [7, 11) is 0. The van der Waals surface area contributed by atoms with Crippen LogP contribution in [0, 0.1) is 5.92 Å². The number of urea groups is 1. The molecule has 2 heterocycles. The molecule has 1 N–H and O–H groups in total. The summed E-state index contributed by atoms with van der Waals surface area (Å²) in [6.07, 6.45) is 4.26. The van der Waals surface area contributed by atoms with Crippen molar-refractivity contribution in [1.82, 2.24) is 25.0 Å². The average molecular weight is 343 g/mol. The van der Waals surface area contributed by atoms with Crippen LogP contribution < -0.4 is 5.32 Å². The highest BCUT2D eigenvalue weighted by atomic mass is 16.5. The molecule has 1 saturated heterocycles. The van der Waals surface area contributed by atoms with Crippen LogP contribution in [0.2, 0.25) is 0 Å². The molecular weight excluding hydrogens is 318 g/mol. The van der Waals surface area contributed by atoms with Crippen LogP contribution in [0.25, 0.3) is 0 Å². The van der Waals surface area contributed by atoms with Gasteiger partial charge in [0.25, 0.3) is 0 Å². The molecule has 7 nitrogen and oxygen atoms in total. The summed E-state index contributed by atoms with van der Waals surface area (Å²) in [6.45, 7) is 6.27. The molecular formula is C18H25N5O2. The van der Waals surface area contributed by atoms with E-state index in [0.29, 0.717) is 25.6 Å². The molecule has 0 radical (unpaired) electrons. The fourth-order valence-corrected chi connectivity index (χ4v) is 2.95. The number of rotatable bonds is 7. The Hall–Kier alpha value is -2.41. The third-order valence-electron chi connectivity index (χ3n) is 4.45. The van der Waals surface area contributed by atoms with Crippen LogP contribution in [0.4, 0.5) is 4.79 Å². The Bertz CT molecular complexity index is 651. The number of nitrogens with zero attached hydrogens (tertiary/aromatic N) is 4. The zero-order chi connectivity index (χ0) is 17.5. The van der Waals surface area contributed by atoms with Crippen molar-refractivity contribution >= 4 is 6.03 Å². The summed E-state index contributed by atoms with van der Waals surface area (Å²) in [5, 5.41) is 7.11. The second-order valence-electron chi connectivity index (χ2n) is 6.34. The van der Waals surface area contributed by atoms with Gasteiger partial charge in [0, 0.05) is 32.2 Å². The van der Waals surface area contributed by atoms with E-state index in [-0.39, 0.29) is 6.03 Å². The highest BCUT2D eigenvalue weighted by Gasteiger charge is 2.21. The van der Waals surface area contributed by atoms with Crippen molar-refractivity contribution in [3.8, 4) is 0 Å². The normalized spacial score (nSPS) is 16.8. The van der Waals surface area contributed by atoms with Crippen molar-refractivity contribution in [2.75, 3.05) is 26.3 Å². The van der Waals surface area contributed by atoms with E-state index in [1.807, 2.05) is 24.0 Å². The van der Waals surface area contributed by atoms with E-state index in [1.165, 1.54) is 6.33 Å². The maximum Gasteiger partial charge on any atom is 0.317 e. The van der Waals surface area contributed by atoms with Crippen LogP contribution in [0.1, 0.15) is 24.5 Å². The first-order valence-electron chi connectivity index (χ1n) is 8.75. The maximum atomic E-state index is 12.4. The zero-order valence-electron chi connectivity index (χ0n) is 14.6. The lowest BCUT2D eigenvalue weighted by Crippen LogP contribution is -2.42. The summed E-state index contributed by atoms with van der Waals surface area (Å²) in [6, 6.07) is 8.16. The van der Waals surface area contributed by atoms with E-state index in [9.17, 15) is 4.79 Å². The minimum atomic E-state index is -0.0129. The monoisotopic (exact) mass is 343 g/mol. The number of amides is 2. The van der Waals surface area contributed by atoms with E-state index in [4.69, 9.17) is 4.74 Å². The minimum Gasteiger partial charge on any atom is -0.381 e. The van der Waals surface area contributed by atoms with Gasteiger partial charge in [0.05, 0.1) is 13.2 Å². The standard InChI is InChI=1S/C18H25N5O2/c1-2-22(10-17-7-8-25-12-17)18(24)20-9-15-3-5-16(6-4-15)11-23-14-19-13-21-23/h3-6,13-14,17H,2,7-12H2,1H3,(H,20,24). The van der Waals surface area contributed by atoms with Gasteiger partial charge in [0.15, 0.2) is 0 Å². The van der Waals surface area contributed by atoms with E-state index >= 15 is 0 Å². The van der Waals surface area contributed by atoms with Crippen molar-refractivity contribution in [3.63, 3.8) is 0 Å². The predicted octanol–water partition coefficient (Wildman–Crippen LogP) is 1.89. The first kappa shape index (κ1) is 17.4. The van der Waals surface area contributed by atoms with Crippen molar-refractivity contribution < 1.29 is 9.53 Å². The molecule has 0 spiro atoms. The van der Waals surface area contributed by atoms with Crippen LogP contribution in [-0.4, -0.2) is 52.0 Å². The van der Waals surface area contributed by atoms with E-state index in [1.54, 1.807) is 11.0 Å². The van der Waals surface area contributed by atoms with E-state index < -0.39 is 0 Å². The molecule has 1 fully saturated rings. The number of carbonyl (C=O) groups is 1. The number of hydrogen-bond donors (Lipinski definition) is 1. The predicted molar refractivity (Wildman–Crippen MR) is 94.0 cm³/mol. The Morgan fingerprint density at radius 3 is 2.80 bits per heavy atom. The zero-order valence-corrected chi connectivity index (χ0v) is 14.6. The molecule has 1 atom stereocenters. The molecule has 1 aliphatic heterocycles. The van der Waals surface area contributed by atoms with Crippen LogP contribution >= 0.6 is 0 Å². The van der Waals surface area contributed by atoms with Gasteiger partial charge in [-0.1, -0.05) is 24.3 Å².